The molecule has 1 atom stereocenters. The van der Waals surface area contributed by atoms with Crippen LogP contribution in [0.25, 0.3) is 0 Å². The van der Waals surface area contributed by atoms with E-state index in [4.69, 9.17) is 0 Å². The van der Waals surface area contributed by atoms with Crippen LogP contribution in [0.3, 0.4) is 0 Å². The van der Waals surface area contributed by atoms with Crippen LogP contribution in [0.5, 0.6) is 0 Å². The summed E-state index contributed by atoms with van der Waals surface area (Å²) in [4.78, 5) is 2.31. The summed E-state index contributed by atoms with van der Waals surface area (Å²) in [6.45, 7) is 8.70. The molecule has 0 aliphatic carbocycles. The zero-order chi connectivity index (χ0) is 13.0. The van der Waals surface area contributed by atoms with E-state index in [1.807, 2.05) is 0 Å². The van der Waals surface area contributed by atoms with E-state index in [-0.39, 0.29) is 6.10 Å². The van der Waals surface area contributed by atoms with E-state index >= 15 is 0 Å². The van der Waals surface area contributed by atoms with Gasteiger partial charge in [-0.05, 0) is 23.6 Å². The Labute approximate surface area is 110 Å². The molecule has 1 aliphatic heterocycles. The van der Waals surface area contributed by atoms with Gasteiger partial charge < -0.3 is 10.4 Å². The Morgan fingerprint density at radius 3 is 2.33 bits per heavy atom. The third-order valence-electron chi connectivity index (χ3n) is 3.31. The second kappa shape index (κ2) is 6.32. The standard InChI is InChI=1S/C15H24N2O/c1-12(2)7-16-8-15(18)11-17-9-13-5-3-4-6-14(13)10-17/h3-6,12,15-16,18H,7-11H2,1-2H3. The number of fused-ring (bicyclic) bond motifs is 1. The summed E-state index contributed by atoms with van der Waals surface area (Å²) in [6.07, 6.45) is -0.280. The summed E-state index contributed by atoms with van der Waals surface area (Å²) >= 11 is 0. The van der Waals surface area contributed by atoms with Gasteiger partial charge in [-0.15, -0.1) is 0 Å². The van der Waals surface area contributed by atoms with Gasteiger partial charge >= 0.3 is 0 Å². The Morgan fingerprint density at radius 1 is 1.17 bits per heavy atom. The minimum Gasteiger partial charge on any atom is -0.390 e. The molecule has 0 aromatic heterocycles. The second-order valence-electron chi connectivity index (χ2n) is 5.64. The molecule has 0 saturated heterocycles. The van der Waals surface area contributed by atoms with Crippen molar-refractivity contribution < 1.29 is 5.11 Å². The molecule has 0 fully saturated rings. The molecule has 0 spiro atoms. The van der Waals surface area contributed by atoms with E-state index in [1.165, 1.54) is 11.1 Å². The number of hydrogen-bond acceptors (Lipinski definition) is 3. The van der Waals surface area contributed by atoms with Gasteiger partial charge in [-0.1, -0.05) is 38.1 Å². The third-order valence-corrected chi connectivity index (χ3v) is 3.31. The highest BCUT2D eigenvalue weighted by Crippen LogP contribution is 2.21. The largest absolute Gasteiger partial charge is 0.390 e. The van der Waals surface area contributed by atoms with Gasteiger partial charge in [0.2, 0.25) is 0 Å². The van der Waals surface area contributed by atoms with Crippen molar-refractivity contribution >= 4 is 0 Å². The van der Waals surface area contributed by atoms with Crippen LogP contribution in [-0.4, -0.2) is 35.7 Å². The zero-order valence-electron chi connectivity index (χ0n) is 11.4. The molecule has 1 heterocycles. The van der Waals surface area contributed by atoms with Crippen LogP contribution < -0.4 is 5.32 Å². The van der Waals surface area contributed by atoms with Crippen LogP contribution in [0.1, 0.15) is 25.0 Å². The Bertz CT molecular complexity index is 354. The Kier molecular flexibility index (Phi) is 4.75. The minimum absolute atomic E-state index is 0.280. The molecule has 100 valence electrons. The maximum atomic E-state index is 10.00. The average molecular weight is 248 g/mol. The van der Waals surface area contributed by atoms with Crippen LogP contribution in [-0.2, 0) is 13.1 Å². The monoisotopic (exact) mass is 248 g/mol. The van der Waals surface area contributed by atoms with Crippen LogP contribution in [0.15, 0.2) is 24.3 Å². The first-order valence-corrected chi connectivity index (χ1v) is 6.83. The van der Waals surface area contributed by atoms with Gasteiger partial charge in [0.25, 0.3) is 0 Å². The summed E-state index contributed by atoms with van der Waals surface area (Å²) in [7, 11) is 0. The lowest BCUT2D eigenvalue weighted by molar-refractivity contribution is 0.110. The van der Waals surface area contributed by atoms with E-state index in [9.17, 15) is 5.11 Å². The molecule has 3 heteroatoms. The number of aliphatic hydroxyl groups excluding tert-OH is 1. The van der Waals surface area contributed by atoms with E-state index in [0.29, 0.717) is 12.5 Å². The van der Waals surface area contributed by atoms with Crippen LogP contribution in [0, 0.1) is 5.92 Å². The molecule has 2 N–H and O–H groups in total. The molecule has 18 heavy (non-hydrogen) atoms. The Hall–Kier alpha value is -0.900. The van der Waals surface area contributed by atoms with Crippen molar-refractivity contribution in [2.75, 3.05) is 19.6 Å². The van der Waals surface area contributed by atoms with Crippen LogP contribution in [0.2, 0.25) is 0 Å². The lowest BCUT2D eigenvalue weighted by Gasteiger charge is -2.20. The third kappa shape index (κ3) is 3.80. The molecule has 1 aromatic carbocycles. The van der Waals surface area contributed by atoms with Gasteiger partial charge in [-0.3, -0.25) is 4.90 Å². The Morgan fingerprint density at radius 2 is 1.78 bits per heavy atom. The molecular formula is C15H24N2O. The molecule has 1 aliphatic rings. The van der Waals surface area contributed by atoms with Gasteiger partial charge in [0.1, 0.15) is 0 Å². The average Bonchev–Trinajstić information content (AvgIpc) is 2.70. The fraction of sp³-hybridized carbons (Fsp3) is 0.600. The zero-order valence-corrected chi connectivity index (χ0v) is 11.4. The van der Waals surface area contributed by atoms with Gasteiger partial charge in [0.05, 0.1) is 6.10 Å². The van der Waals surface area contributed by atoms with E-state index in [2.05, 4.69) is 48.3 Å². The fourth-order valence-corrected chi connectivity index (χ4v) is 2.43. The summed E-state index contributed by atoms with van der Waals surface area (Å²) in [5.41, 5.74) is 2.81. The number of rotatable bonds is 6. The molecule has 0 saturated carbocycles. The van der Waals surface area contributed by atoms with Crippen molar-refractivity contribution in [2.24, 2.45) is 5.92 Å². The summed E-state index contributed by atoms with van der Waals surface area (Å²) in [5.74, 6) is 0.633. The predicted molar refractivity (Wildman–Crippen MR) is 74.3 cm³/mol. The second-order valence-corrected chi connectivity index (χ2v) is 5.64. The first kappa shape index (κ1) is 13.5. The first-order chi connectivity index (χ1) is 8.65. The van der Waals surface area contributed by atoms with Gasteiger partial charge in [-0.2, -0.15) is 0 Å². The van der Waals surface area contributed by atoms with Crippen molar-refractivity contribution in [3.63, 3.8) is 0 Å². The molecule has 0 radical (unpaired) electrons. The van der Waals surface area contributed by atoms with Crippen LogP contribution in [0.4, 0.5) is 0 Å². The number of nitrogens with zero attached hydrogens (tertiary/aromatic N) is 1. The maximum absolute atomic E-state index is 10.00. The SMILES string of the molecule is CC(C)CNCC(O)CN1Cc2ccccc2C1. The molecule has 1 aromatic rings. The molecule has 0 bridgehead atoms. The lowest BCUT2D eigenvalue weighted by atomic mass is 10.1. The topological polar surface area (TPSA) is 35.5 Å². The van der Waals surface area contributed by atoms with Crippen molar-refractivity contribution in [1.29, 1.82) is 0 Å². The normalized spacial score (nSPS) is 17.1. The maximum Gasteiger partial charge on any atom is 0.0791 e. The number of aliphatic hydroxyl groups is 1. The van der Waals surface area contributed by atoms with E-state index in [0.717, 1.165) is 26.2 Å². The van der Waals surface area contributed by atoms with Crippen molar-refractivity contribution in [1.82, 2.24) is 10.2 Å². The molecule has 1 unspecified atom stereocenters. The van der Waals surface area contributed by atoms with E-state index < -0.39 is 0 Å². The molecular weight excluding hydrogens is 224 g/mol. The van der Waals surface area contributed by atoms with Crippen molar-refractivity contribution in [2.45, 2.75) is 33.0 Å². The highest BCUT2D eigenvalue weighted by Gasteiger charge is 2.20. The summed E-state index contributed by atoms with van der Waals surface area (Å²) in [5, 5.41) is 13.3. The molecule has 3 nitrogen and oxygen atoms in total. The lowest BCUT2D eigenvalue weighted by Crippen LogP contribution is -2.37. The smallest absolute Gasteiger partial charge is 0.0791 e. The molecule has 0 amide bonds. The Balaban J connectivity index is 1.72. The number of β-amino-alcohol motifs (C(OH)–C–C–N with tert-alkyl or cyclic N) is 1. The predicted octanol–water partition coefficient (Wildman–Crippen LogP) is 1.61. The van der Waals surface area contributed by atoms with Crippen molar-refractivity contribution in [3.05, 3.63) is 35.4 Å². The number of benzene rings is 1. The van der Waals surface area contributed by atoms with Crippen molar-refractivity contribution in [3.8, 4) is 0 Å². The van der Waals surface area contributed by atoms with Gasteiger partial charge in [0.15, 0.2) is 0 Å². The minimum atomic E-state index is -0.280. The summed E-state index contributed by atoms with van der Waals surface area (Å²) in [6, 6.07) is 8.53. The van der Waals surface area contributed by atoms with Crippen LogP contribution >= 0.6 is 0 Å². The highest BCUT2D eigenvalue weighted by atomic mass is 16.3. The summed E-state index contributed by atoms with van der Waals surface area (Å²) < 4.78 is 0. The number of nitrogens with one attached hydrogen (secondary N) is 1. The van der Waals surface area contributed by atoms with Gasteiger partial charge in [0, 0.05) is 26.2 Å². The fourth-order valence-electron chi connectivity index (χ4n) is 2.43. The quantitative estimate of drug-likeness (QED) is 0.803. The molecule has 2 rings (SSSR count). The first-order valence-electron chi connectivity index (χ1n) is 6.83. The van der Waals surface area contributed by atoms with E-state index in [1.54, 1.807) is 0 Å². The highest BCUT2D eigenvalue weighted by molar-refractivity contribution is 5.30. The number of hydrogen-bond donors (Lipinski definition) is 2. The van der Waals surface area contributed by atoms with Gasteiger partial charge in [-0.25, -0.2) is 0 Å².